The topological polar surface area (TPSA) is 82.2 Å². The number of anilines is 1. The van der Waals surface area contributed by atoms with Crippen molar-refractivity contribution in [3.8, 4) is 11.1 Å². The van der Waals surface area contributed by atoms with Crippen LogP contribution in [-0.4, -0.2) is 22.0 Å². The quantitative estimate of drug-likeness (QED) is 0.354. The van der Waals surface area contributed by atoms with Gasteiger partial charge in [-0.15, -0.1) is 0 Å². The van der Waals surface area contributed by atoms with E-state index in [0.29, 0.717) is 23.2 Å². The van der Waals surface area contributed by atoms with E-state index in [0.717, 1.165) is 60.2 Å². The van der Waals surface area contributed by atoms with Crippen LogP contribution in [0.15, 0.2) is 42.5 Å². The number of benzene rings is 2. The average molecular weight is 445 g/mol. The summed E-state index contributed by atoms with van der Waals surface area (Å²) < 4.78 is 13.9. The number of aromatic amines is 1. The number of carbonyl (C=O) groups excluding carboxylic acids is 1. The highest BCUT2D eigenvalue weighted by atomic mass is 19.1. The van der Waals surface area contributed by atoms with E-state index >= 15 is 0 Å². The molecule has 0 atom stereocenters. The van der Waals surface area contributed by atoms with Gasteiger partial charge in [-0.1, -0.05) is 30.7 Å². The van der Waals surface area contributed by atoms with Crippen LogP contribution >= 0.6 is 0 Å². The molecular formula is C27H25FN2O3. The van der Waals surface area contributed by atoms with Gasteiger partial charge in [0.25, 0.3) is 5.91 Å². The van der Waals surface area contributed by atoms with Crippen molar-refractivity contribution < 1.29 is 19.1 Å². The summed E-state index contributed by atoms with van der Waals surface area (Å²) in [7, 11) is 0. The first kappa shape index (κ1) is 21.2. The lowest BCUT2D eigenvalue weighted by molar-refractivity contribution is -0.137. The molecular weight excluding hydrogens is 419 g/mol. The highest BCUT2D eigenvalue weighted by molar-refractivity contribution is 6.36. The Kier molecular flexibility index (Phi) is 5.58. The van der Waals surface area contributed by atoms with Crippen LogP contribution in [0.3, 0.4) is 0 Å². The van der Waals surface area contributed by atoms with Crippen LogP contribution in [0.5, 0.6) is 0 Å². The van der Waals surface area contributed by atoms with Crippen LogP contribution in [0.4, 0.5) is 10.1 Å². The standard InChI is InChI=1S/C27H25FN2O3/c28-17-7-4-6-16(14-17)18-9-5-11-23-26(18)21(27(33)30-23)15-24-20(12-13-25(31)32)19-8-2-1-3-10-22(19)29-24/h4-7,9,11,14-15,29H,1-3,8,10,12-13H2,(H,30,33)(H,31,32)/b21-15-. The molecule has 33 heavy (non-hydrogen) atoms. The van der Waals surface area contributed by atoms with Crippen LogP contribution in [0.1, 0.15) is 53.8 Å². The third kappa shape index (κ3) is 4.09. The molecule has 1 aromatic heterocycles. The number of carboxylic acid groups (broad SMARTS) is 1. The van der Waals surface area contributed by atoms with Gasteiger partial charge >= 0.3 is 5.97 Å². The van der Waals surface area contributed by atoms with E-state index in [1.165, 1.54) is 17.7 Å². The van der Waals surface area contributed by atoms with Gasteiger partial charge in [0.1, 0.15) is 5.82 Å². The molecule has 0 saturated heterocycles. The van der Waals surface area contributed by atoms with Crippen LogP contribution in [0.25, 0.3) is 22.8 Å². The smallest absolute Gasteiger partial charge is 0.303 e. The lowest BCUT2D eigenvalue weighted by Gasteiger charge is -2.09. The molecule has 3 aromatic rings. The van der Waals surface area contributed by atoms with Gasteiger partial charge in [0.05, 0.1) is 5.57 Å². The SMILES string of the molecule is O=C(O)CCc1c(/C=C2\C(=O)Nc3cccc(-c4cccc(F)c4)c32)[nH]c2c1CCCCC2. The minimum Gasteiger partial charge on any atom is -0.481 e. The Morgan fingerprint density at radius 1 is 1.09 bits per heavy atom. The zero-order valence-electron chi connectivity index (χ0n) is 18.2. The Hall–Kier alpha value is -3.67. The first-order valence-electron chi connectivity index (χ1n) is 11.4. The Labute approximate surface area is 191 Å². The summed E-state index contributed by atoms with van der Waals surface area (Å²) in [5.74, 6) is -1.39. The fraction of sp³-hybridized carbons (Fsp3) is 0.259. The van der Waals surface area contributed by atoms with Crippen molar-refractivity contribution in [2.75, 3.05) is 5.32 Å². The Bertz CT molecular complexity index is 1290. The zero-order valence-corrected chi connectivity index (χ0v) is 18.2. The molecule has 0 unspecified atom stereocenters. The normalized spacial score (nSPS) is 16.3. The first-order valence-corrected chi connectivity index (χ1v) is 11.4. The van der Waals surface area contributed by atoms with Crippen LogP contribution in [0, 0.1) is 5.82 Å². The molecule has 168 valence electrons. The summed E-state index contributed by atoms with van der Waals surface area (Å²) in [4.78, 5) is 27.8. The number of aromatic nitrogens is 1. The summed E-state index contributed by atoms with van der Waals surface area (Å²) in [6.45, 7) is 0. The Morgan fingerprint density at radius 2 is 1.91 bits per heavy atom. The van der Waals surface area contributed by atoms with Crippen molar-refractivity contribution >= 4 is 29.2 Å². The van der Waals surface area contributed by atoms with Gasteiger partial charge in [-0.05, 0) is 78.6 Å². The first-order chi connectivity index (χ1) is 16.0. The number of fused-ring (bicyclic) bond motifs is 2. The van der Waals surface area contributed by atoms with Gasteiger partial charge in [0, 0.05) is 29.1 Å². The number of amides is 1. The number of hydrogen-bond acceptors (Lipinski definition) is 2. The van der Waals surface area contributed by atoms with Crippen LogP contribution < -0.4 is 5.32 Å². The van der Waals surface area contributed by atoms with E-state index in [9.17, 15) is 19.1 Å². The number of carboxylic acids is 1. The lowest BCUT2D eigenvalue weighted by Crippen LogP contribution is -2.04. The maximum Gasteiger partial charge on any atom is 0.303 e. The number of aliphatic carboxylic acids is 1. The number of halogens is 1. The molecule has 1 aliphatic carbocycles. The molecule has 3 N–H and O–H groups in total. The number of nitrogens with one attached hydrogen (secondary N) is 2. The van der Waals surface area contributed by atoms with Crippen molar-refractivity contribution in [1.29, 1.82) is 0 Å². The number of H-pyrrole nitrogens is 1. The van der Waals surface area contributed by atoms with Gasteiger partial charge in [0.15, 0.2) is 0 Å². The fourth-order valence-electron chi connectivity index (χ4n) is 5.02. The van der Waals surface area contributed by atoms with E-state index in [1.807, 2.05) is 30.3 Å². The number of rotatable bonds is 5. The number of hydrogen-bond donors (Lipinski definition) is 3. The van der Waals surface area contributed by atoms with E-state index in [1.54, 1.807) is 6.07 Å². The van der Waals surface area contributed by atoms with Crippen LogP contribution in [-0.2, 0) is 28.9 Å². The number of carbonyl (C=O) groups is 2. The van der Waals surface area contributed by atoms with Gasteiger partial charge < -0.3 is 15.4 Å². The second-order valence-corrected chi connectivity index (χ2v) is 8.68. The molecule has 0 bridgehead atoms. The summed E-state index contributed by atoms with van der Waals surface area (Å²) in [6, 6.07) is 11.9. The van der Waals surface area contributed by atoms with Gasteiger partial charge in [-0.3, -0.25) is 9.59 Å². The second-order valence-electron chi connectivity index (χ2n) is 8.68. The summed E-state index contributed by atoms with van der Waals surface area (Å²) in [6.07, 6.45) is 7.47. The minimum absolute atomic E-state index is 0.0395. The highest BCUT2D eigenvalue weighted by Gasteiger charge is 2.29. The van der Waals surface area contributed by atoms with E-state index in [4.69, 9.17) is 0 Å². The summed E-state index contributed by atoms with van der Waals surface area (Å²) in [5.41, 5.74) is 7.54. The Balaban J connectivity index is 1.65. The predicted molar refractivity (Wildman–Crippen MR) is 126 cm³/mol. The molecule has 5 rings (SSSR count). The molecule has 1 aliphatic heterocycles. The Morgan fingerprint density at radius 3 is 2.73 bits per heavy atom. The lowest BCUT2D eigenvalue weighted by atomic mass is 9.93. The molecule has 2 aromatic carbocycles. The second kappa shape index (κ2) is 8.70. The maximum absolute atomic E-state index is 13.9. The predicted octanol–water partition coefficient (Wildman–Crippen LogP) is 5.60. The summed E-state index contributed by atoms with van der Waals surface area (Å²) >= 11 is 0. The monoisotopic (exact) mass is 444 g/mol. The zero-order chi connectivity index (χ0) is 22.9. The minimum atomic E-state index is -0.838. The molecule has 0 fully saturated rings. The van der Waals surface area contributed by atoms with Crippen molar-refractivity contribution in [3.05, 3.63) is 76.4 Å². The molecule has 1 amide bonds. The number of aryl methyl sites for hydroxylation is 1. The molecule has 0 spiro atoms. The van der Waals surface area contributed by atoms with Crippen LogP contribution in [0.2, 0.25) is 0 Å². The third-order valence-corrected chi connectivity index (χ3v) is 6.53. The largest absolute Gasteiger partial charge is 0.481 e. The van der Waals surface area contributed by atoms with Gasteiger partial charge in [-0.2, -0.15) is 0 Å². The molecule has 2 aliphatic rings. The van der Waals surface area contributed by atoms with Gasteiger partial charge in [0.2, 0.25) is 0 Å². The molecule has 5 nitrogen and oxygen atoms in total. The molecule has 2 heterocycles. The van der Waals surface area contributed by atoms with Gasteiger partial charge in [-0.25, -0.2) is 4.39 Å². The van der Waals surface area contributed by atoms with Crippen molar-refractivity contribution in [2.24, 2.45) is 0 Å². The molecule has 0 saturated carbocycles. The van der Waals surface area contributed by atoms with E-state index in [-0.39, 0.29) is 18.1 Å². The van der Waals surface area contributed by atoms with E-state index in [2.05, 4.69) is 10.3 Å². The highest BCUT2D eigenvalue weighted by Crippen LogP contribution is 2.41. The van der Waals surface area contributed by atoms with Crippen molar-refractivity contribution in [2.45, 2.75) is 44.9 Å². The molecule has 6 heteroatoms. The van der Waals surface area contributed by atoms with Crippen molar-refractivity contribution in [3.63, 3.8) is 0 Å². The third-order valence-electron chi connectivity index (χ3n) is 6.53. The van der Waals surface area contributed by atoms with Crippen molar-refractivity contribution in [1.82, 2.24) is 4.98 Å². The maximum atomic E-state index is 13.9. The average Bonchev–Trinajstić information content (AvgIpc) is 3.17. The molecule has 0 radical (unpaired) electrons. The van der Waals surface area contributed by atoms with E-state index < -0.39 is 5.97 Å². The fourth-order valence-corrected chi connectivity index (χ4v) is 5.02. The summed E-state index contributed by atoms with van der Waals surface area (Å²) in [5, 5.41) is 12.2.